The molecule has 0 unspecified atom stereocenters. The van der Waals surface area contributed by atoms with Gasteiger partial charge >= 0.3 is 0 Å². The maximum atomic E-state index is 12.3. The van der Waals surface area contributed by atoms with Gasteiger partial charge in [0.25, 0.3) is 0 Å². The topological polar surface area (TPSA) is 69.7 Å². The van der Waals surface area contributed by atoms with E-state index in [0.717, 1.165) is 33.9 Å². The number of ether oxygens (including phenoxy) is 3. The maximum Gasteiger partial charge on any atom is 0.231 e. The fourth-order valence-corrected chi connectivity index (χ4v) is 3.65. The maximum absolute atomic E-state index is 12.3. The third-order valence-corrected chi connectivity index (χ3v) is 5.00. The first-order valence-corrected chi connectivity index (χ1v) is 9.29. The molecule has 0 radical (unpaired) electrons. The van der Waals surface area contributed by atoms with Crippen molar-refractivity contribution in [2.45, 2.75) is 13.3 Å². The highest BCUT2D eigenvalue weighted by molar-refractivity contribution is 7.14. The molecular formula is C20H18N2O4S. The summed E-state index contributed by atoms with van der Waals surface area (Å²) < 4.78 is 16.0. The van der Waals surface area contributed by atoms with E-state index in [1.807, 2.05) is 48.7 Å². The van der Waals surface area contributed by atoms with Crippen LogP contribution >= 0.6 is 11.3 Å². The van der Waals surface area contributed by atoms with Gasteiger partial charge in [-0.15, -0.1) is 11.3 Å². The van der Waals surface area contributed by atoms with Gasteiger partial charge in [0.05, 0.1) is 19.2 Å². The van der Waals surface area contributed by atoms with Crippen molar-refractivity contribution in [2.24, 2.45) is 0 Å². The van der Waals surface area contributed by atoms with E-state index in [0.29, 0.717) is 10.9 Å². The number of fused-ring (bicyclic) bond motifs is 1. The van der Waals surface area contributed by atoms with E-state index in [-0.39, 0.29) is 19.1 Å². The summed E-state index contributed by atoms with van der Waals surface area (Å²) in [5.74, 6) is 2.15. The zero-order valence-corrected chi connectivity index (χ0v) is 15.8. The van der Waals surface area contributed by atoms with Crippen molar-refractivity contribution < 1.29 is 19.0 Å². The summed E-state index contributed by atoms with van der Waals surface area (Å²) in [7, 11) is 1.63. The number of aryl methyl sites for hydroxylation is 1. The van der Waals surface area contributed by atoms with E-state index >= 15 is 0 Å². The van der Waals surface area contributed by atoms with Gasteiger partial charge in [-0.2, -0.15) is 0 Å². The number of methoxy groups -OCH3 is 1. The summed E-state index contributed by atoms with van der Waals surface area (Å²) in [6.07, 6.45) is 0.282. The molecule has 2 heterocycles. The van der Waals surface area contributed by atoms with E-state index in [9.17, 15) is 4.79 Å². The van der Waals surface area contributed by atoms with Crippen LogP contribution in [-0.4, -0.2) is 24.8 Å². The molecule has 7 heteroatoms. The van der Waals surface area contributed by atoms with Crippen LogP contribution in [0, 0.1) is 6.92 Å². The van der Waals surface area contributed by atoms with Crippen LogP contribution in [0.5, 0.6) is 17.2 Å². The normalized spacial score (nSPS) is 12.1. The molecule has 138 valence electrons. The van der Waals surface area contributed by atoms with E-state index in [2.05, 4.69) is 10.3 Å². The molecule has 4 rings (SSSR count). The second kappa shape index (κ2) is 7.28. The number of hydrogen-bond acceptors (Lipinski definition) is 6. The van der Waals surface area contributed by atoms with Crippen LogP contribution in [0.3, 0.4) is 0 Å². The Morgan fingerprint density at radius 3 is 2.89 bits per heavy atom. The summed E-state index contributed by atoms with van der Waals surface area (Å²) in [5.41, 5.74) is 3.64. The molecule has 1 amide bonds. The van der Waals surface area contributed by atoms with Gasteiger partial charge in [-0.05, 0) is 42.3 Å². The molecule has 0 fully saturated rings. The van der Waals surface area contributed by atoms with Crippen molar-refractivity contribution >= 4 is 22.4 Å². The Balaban J connectivity index is 1.43. The standard InChI is InChI=1S/C20H18N2O4S/c1-12-7-13(3-5-16(12)24-2)8-19(23)22-20-21-15(10-27-20)14-4-6-17-18(9-14)26-11-25-17/h3-7,9-10H,8,11H2,1-2H3,(H,21,22,23). The Kier molecular flexibility index (Phi) is 4.68. The molecule has 1 aliphatic heterocycles. The molecular weight excluding hydrogens is 364 g/mol. The number of thiazole rings is 1. The summed E-state index contributed by atoms with van der Waals surface area (Å²) >= 11 is 1.39. The van der Waals surface area contributed by atoms with Crippen LogP contribution in [0.25, 0.3) is 11.3 Å². The average Bonchev–Trinajstić information content (AvgIpc) is 3.30. The van der Waals surface area contributed by atoms with Gasteiger partial charge in [0.15, 0.2) is 16.6 Å². The summed E-state index contributed by atoms with van der Waals surface area (Å²) in [6.45, 7) is 2.20. The molecule has 0 spiro atoms. The smallest absolute Gasteiger partial charge is 0.231 e. The molecule has 3 aromatic rings. The molecule has 1 aromatic heterocycles. The van der Waals surface area contributed by atoms with Gasteiger partial charge in [0, 0.05) is 10.9 Å². The lowest BCUT2D eigenvalue weighted by molar-refractivity contribution is -0.115. The van der Waals surface area contributed by atoms with Crippen LogP contribution in [0.15, 0.2) is 41.8 Å². The van der Waals surface area contributed by atoms with Crippen molar-refractivity contribution in [3.8, 4) is 28.5 Å². The van der Waals surface area contributed by atoms with Crippen LogP contribution < -0.4 is 19.5 Å². The minimum atomic E-state index is -0.105. The highest BCUT2D eigenvalue weighted by Crippen LogP contribution is 2.36. The molecule has 27 heavy (non-hydrogen) atoms. The van der Waals surface area contributed by atoms with Gasteiger partial charge in [-0.3, -0.25) is 4.79 Å². The fraction of sp³-hybridized carbons (Fsp3) is 0.200. The third-order valence-electron chi connectivity index (χ3n) is 4.24. The lowest BCUT2D eigenvalue weighted by Crippen LogP contribution is -2.14. The number of carbonyl (C=O) groups is 1. The first-order valence-electron chi connectivity index (χ1n) is 8.41. The lowest BCUT2D eigenvalue weighted by atomic mass is 10.1. The Hall–Kier alpha value is -3.06. The highest BCUT2D eigenvalue weighted by atomic mass is 32.1. The minimum absolute atomic E-state index is 0.105. The second-order valence-electron chi connectivity index (χ2n) is 6.13. The molecule has 0 bridgehead atoms. The Labute approximate surface area is 160 Å². The predicted octanol–water partition coefficient (Wildman–Crippen LogP) is 4.04. The molecule has 6 nitrogen and oxygen atoms in total. The van der Waals surface area contributed by atoms with E-state index < -0.39 is 0 Å². The molecule has 1 N–H and O–H groups in total. The van der Waals surface area contributed by atoms with Crippen molar-refractivity contribution in [3.05, 3.63) is 52.9 Å². The first kappa shape index (κ1) is 17.4. The summed E-state index contributed by atoms with van der Waals surface area (Å²) in [6, 6.07) is 11.4. The Bertz CT molecular complexity index is 999. The van der Waals surface area contributed by atoms with Gasteiger partial charge in [0.2, 0.25) is 12.7 Å². The first-order chi connectivity index (χ1) is 13.1. The van der Waals surface area contributed by atoms with Crippen molar-refractivity contribution in [1.29, 1.82) is 0 Å². The summed E-state index contributed by atoms with van der Waals surface area (Å²) in [5, 5.41) is 5.34. The van der Waals surface area contributed by atoms with Gasteiger partial charge in [-0.1, -0.05) is 12.1 Å². The molecule has 0 saturated heterocycles. The number of carbonyl (C=O) groups excluding carboxylic acids is 1. The summed E-state index contributed by atoms with van der Waals surface area (Å²) in [4.78, 5) is 16.8. The number of aromatic nitrogens is 1. The molecule has 2 aromatic carbocycles. The highest BCUT2D eigenvalue weighted by Gasteiger charge is 2.15. The number of anilines is 1. The van der Waals surface area contributed by atoms with Crippen LogP contribution in [0.4, 0.5) is 5.13 Å². The molecule has 0 atom stereocenters. The lowest BCUT2D eigenvalue weighted by Gasteiger charge is -2.07. The van der Waals surface area contributed by atoms with E-state index in [1.165, 1.54) is 11.3 Å². The number of benzene rings is 2. The van der Waals surface area contributed by atoms with Crippen LogP contribution in [0.1, 0.15) is 11.1 Å². The molecule has 0 aliphatic carbocycles. The molecule has 0 saturated carbocycles. The average molecular weight is 382 g/mol. The quantitative estimate of drug-likeness (QED) is 0.721. The largest absolute Gasteiger partial charge is 0.496 e. The van der Waals surface area contributed by atoms with Crippen LogP contribution in [0.2, 0.25) is 0 Å². The van der Waals surface area contributed by atoms with Crippen molar-refractivity contribution in [3.63, 3.8) is 0 Å². The Morgan fingerprint density at radius 1 is 1.22 bits per heavy atom. The van der Waals surface area contributed by atoms with Crippen molar-refractivity contribution in [1.82, 2.24) is 4.98 Å². The number of rotatable bonds is 5. The second-order valence-corrected chi connectivity index (χ2v) is 6.99. The zero-order valence-electron chi connectivity index (χ0n) is 14.9. The number of nitrogens with one attached hydrogen (secondary N) is 1. The van der Waals surface area contributed by atoms with Gasteiger partial charge in [0.1, 0.15) is 5.75 Å². The van der Waals surface area contributed by atoms with Gasteiger partial charge < -0.3 is 19.5 Å². The Morgan fingerprint density at radius 2 is 2.07 bits per heavy atom. The number of nitrogens with zero attached hydrogens (tertiary/aromatic N) is 1. The predicted molar refractivity (Wildman–Crippen MR) is 104 cm³/mol. The SMILES string of the molecule is COc1ccc(CC(=O)Nc2nc(-c3ccc4c(c3)OCO4)cs2)cc1C. The monoisotopic (exact) mass is 382 g/mol. The van der Waals surface area contributed by atoms with E-state index in [4.69, 9.17) is 14.2 Å². The van der Waals surface area contributed by atoms with E-state index in [1.54, 1.807) is 7.11 Å². The minimum Gasteiger partial charge on any atom is -0.496 e. The number of hydrogen-bond donors (Lipinski definition) is 1. The van der Waals surface area contributed by atoms with Crippen LogP contribution in [-0.2, 0) is 11.2 Å². The fourth-order valence-electron chi connectivity index (χ4n) is 2.92. The van der Waals surface area contributed by atoms with Gasteiger partial charge in [-0.25, -0.2) is 4.98 Å². The molecule has 1 aliphatic rings. The zero-order chi connectivity index (χ0) is 18.8. The third kappa shape index (κ3) is 3.73. The number of amides is 1. The van der Waals surface area contributed by atoms with Crippen molar-refractivity contribution in [2.75, 3.05) is 19.2 Å².